The van der Waals surface area contributed by atoms with Gasteiger partial charge in [-0.3, -0.25) is 9.48 Å². The molecule has 0 aliphatic carbocycles. The molecule has 1 aromatic rings. The minimum atomic E-state index is 0.0851. The molecule has 0 aliphatic rings. The van der Waals surface area contributed by atoms with E-state index < -0.39 is 0 Å². The summed E-state index contributed by atoms with van der Waals surface area (Å²) in [5, 5.41) is 7.47. The van der Waals surface area contributed by atoms with Gasteiger partial charge in [-0.15, -0.1) is 0 Å². The molecule has 5 nitrogen and oxygen atoms in total. The van der Waals surface area contributed by atoms with Crippen molar-refractivity contribution in [3.05, 3.63) is 17.5 Å². The molecule has 0 aliphatic heterocycles. The zero-order chi connectivity index (χ0) is 12.1. The third kappa shape index (κ3) is 3.34. The number of amides is 1. The number of aryl methyl sites for hydroxylation is 2. The molecule has 0 saturated carbocycles. The Hall–Kier alpha value is -1.36. The van der Waals surface area contributed by atoms with Gasteiger partial charge in [-0.2, -0.15) is 5.10 Å². The number of aromatic nitrogens is 2. The molecule has 16 heavy (non-hydrogen) atoms. The van der Waals surface area contributed by atoms with Gasteiger partial charge in [0.15, 0.2) is 0 Å². The second kappa shape index (κ2) is 5.65. The minimum absolute atomic E-state index is 0.0851. The Labute approximate surface area is 96.4 Å². The molecule has 0 unspecified atom stereocenters. The number of nitrogens with zero attached hydrogens (tertiary/aromatic N) is 3. The van der Waals surface area contributed by atoms with E-state index in [-0.39, 0.29) is 5.91 Å². The first-order valence-electron chi connectivity index (χ1n) is 5.46. The van der Waals surface area contributed by atoms with Crippen molar-refractivity contribution >= 4 is 5.91 Å². The molecule has 1 N–H and O–H groups in total. The maximum Gasteiger partial charge on any atom is 0.236 e. The van der Waals surface area contributed by atoms with E-state index in [4.69, 9.17) is 0 Å². The summed E-state index contributed by atoms with van der Waals surface area (Å²) >= 11 is 0. The van der Waals surface area contributed by atoms with E-state index >= 15 is 0 Å². The molecule has 1 aromatic heterocycles. The van der Waals surface area contributed by atoms with E-state index in [1.54, 1.807) is 19.0 Å². The Kier molecular flexibility index (Phi) is 4.49. The Morgan fingerprint density at radius 1 is 1.56 bits per heavy atom. The van der Waals surface area contributed by atoms with E-state index in [0.29, 0.717) is 13.1 Å². The SMILES string of the molecule is CCc1nn(C)cc1CNCC(=O)N(C)C. The van der Waals surface area contributed by atoms with Crippen LogP contribution in [0.2, 0.25) is 0 Å². The van der Waals surface area contributed by atoms with Gasteiger partial charge in [0.1, 0.15) is 0 Å². The molecule has 0 radical (unpaired) electrons. The predicted octanol–water partition coefficient (Wildman–Crippen LogP) is 0.160. The summed E-state index contributed by atoms with van der Waals surface area (Å²) < 4.78 is 1.81. The summed E-state index contributed by atoms with van der Waals surface area (Å²) in [5.41, 5.74) is 2.25. The third-order valence-electron chi connectivity index (χ3n) is 2.42. The van der Waals surface area contributed by atoms with Crippen LogP contribution in [0.1, 0.15) is 18.2 Å². The van der Waals surface area contributed by atoms with Crippen molar-refractivity contribution < 1.29 is 4.79 Å². The first-order chi connectivity index (χ1) is 7.54. The third-order valence-corrected chi connectivity index (χ3v) is 2.42. The van der Waals surface area contributed by atoms with Crippen LogP contribution in [0.3, 0.4) is 0 Å². The Morgan fingerprint density at radius 3 is 2.81 bits per heavy atom. The average molecular weight is 224 g/mol. The van der Waals surface area contributed by atoms with Gasteiger partial charge in [0.05, 0.1) is 12.2 Å². The van der Waals surface area contributed by atoms with Gasteiger partial charge in [-0.25, -0.2) is 0 Å². The molecule has 0 aromatic carbocycles. The highest BCUT2D eigenvalue weighted by Gasteiger charge is 2.07. The smallest absolute Gasteiger partial charge is 0.236 e. The zero-order valence-electron chi connectivity index (χ0n) is 10.4. The van der Waals surface area contributed by atoms with Crippen molar-refractivity contribution in [3.63, 3.8) is 0 Å². The normalized spacial score (nSPS) is 10.5. The fraction of sp³-hybridized carbons (Fsp3) is 0.636. The van der Waals surface area contributed by atoms with Crippen LogP contribution >= 0.6 is 0 Å². The van der Waals surface area contributed by atoms with E-state index in [1.165, 1.54) is 0 Å². The number of carbonyl (C=O) groups excluding carboxylic acids is 1. The molecule has 90 valence electrons. The van der Waals surface area contributed by atoms with Gasteiger partial charge in [0.2, 0.25) is 5.91 Å². The van der Waals surface area contributed by atoms with Gasteiger partial charge < -0.3 is 10.2 Å². The molecular formula is C11H20N4O. The molecule has 1 amide bonds. The lowest BCUT2D eigenvalue weighted by Crippen LogP contribution is -2.32. The van der Waals surface area contributed by atoms with Crippen LogP contribution in [-0.2, 0) is 24.8 Å². The van der Waals surface area contributed by atoms with Gasteiger partial charge in [0.25, 0.3) is 0 Å². The van der Waals surface area contributed by atoms with E-state index in [9.17, 15) is 4.79 Å². The van der Waals surface area contributed by atoms with Crippen LogP contribution in [-0.4, -0.2) is 41.2 Å². The van der Waals surface area contributed by atoms with Crippen molar-refractivity contribution in [3.8, 4) is 0 Å². The lowest BCUT2D eigenvalue weighted by molar-refractivity contribution is -0.127. The summed E-state index contributed by atoms with van der Waals surface area (Å²) in [6.07, 6.45) is 2.91. The number of rotatable bonds is 5. The Bertz CT molecular complexity index is 357. The minimum Gasteiger partial charge on any atom is -0.348 e. The summed E-state index contributed by atoms with van der Waals surface area (Å²) in [5.74, 6) is 0.0851. The van der Waals surface area contributed by atoms with Gasteiger partial charge in [-0.1, -0.05) is 6.92 Å². The maximum atomic E-state index is 11.3. The van der Waals surface area contributed by atoms with Gasteiger partial charge in [0, 0.05) is 39.4 Å². The van der Waals surface area contributed by atoms with E-state index in [0.717, 1.165) is 17.7 Å². The molecule has 5 heteroatoms. The monoisotopic (exact) mass is 224 g/mol. The van der Waals surface area contributed by atoms with E-state index in [2.05, 4.69) is 17.3 Å². The van der Waals surface area contributed by atoms with Gasteiger partial charge >= 0.3 is 0 Å². The highest BCUT2D eigenvalue weighted by atomic mass is 16.2. The molecule has 0 atom stereocenters. The lowest BCUT2D eigenvalue weighted by atomic mass is 10.2. The number of hydrogen-bond acceptors (Lipinski definition) is 3. The first kappa shape index (κ1) is 12.7. The Balaban J connectivity index is 2.45. The van der Waals surface area contributed by atoms with Crippen molar-refractivity contribution in [1.29, 1.82) is 0 Å². The van der Waals surface area contributed by atoms with Crippen molar-refractivity contribution in [2.45, 2.75) is 19.9 Å². The zero-order valence-corrected chi connectivity index (χ0v) is 10.4. The predicted molar refractivity (Wildman–Crippen MR) is 63.0 cm³/mol. The summed E-state index contributed by atoms with van der Waals surface area (Å²) in [7, 11) is 5.42. The highest BCUT2D eigenvalue weighted by Crippen LogP contribution is 2.06. The van der Waals surface area contributed by atoms with E-state index in [1.807, 2.05) is 17.9 Å². The molecule has 0 spiro atoms. The van der Waals surface area contributed by atoms with Gasteiger partial charge in [-0.05, 0) is 6.42 Å². The lowest BCUT2D eigenvalue weighted by Gasteiger charge is -2.10. The van der Waals surface area contributed by atoms with Crippen LogP contribution < -0.4 is 5.32 Å². The number of carbonyl (C=O) groups is 1. The molecule has 0 saturated heterocycles. The van der Waals surface area contributed by atoms with Crippen molar-refractivity contribution in [1.82, 2.24) is 20.0 Å². The molecule has 0 fully saturated rings. The second-order valence-electron chi connectivity index (χ2n) is 4.02. The summed E-state index contributed by atoms with van der Waals surface area (Å²) in [4.78, 5) is 12.9. The first-order valence-corrected chi connectivity index (χ1v) is 5.46. The number of hydrogen-bond donors (Lipinski definition) is 1. The van der Waals surface area contributed by atoms with Crippen LogP contribution in [0, 0.1) is 0 Å². The van der Waals surface area contributed by atoms with Crippen LogP contribution in [0.4, 0.5) is 0 Å². The summed E-state index contributed by atoms with van der Waals surface area (Å²) in [6, 6.07) is 0. The molecule has 1 heterocycles. The van der Waals surface area contributed by atoms with Crippen LogP contribution in [0.25, 0.3) is 0 Å². The number of likely N-dealkylation sites (N-methyl/N-ethyl adjacent to an activating group) is 1. The second-order valence-corrected chi connectivity index (χ2v) is 4.02. The molecule has 1 rings (SSSR count). The fourth-order valence-corrected chi connectivity index (χ4v) is 1.49. The average Bonchev–Trinajstić information content (AvgIpc) is 2.58. The maximum absolute atomic E-state index is 11.3. The highest BCUT2D eigenvalue weighted by molar-refractivity contribution is 5.77. The topological polar surface area (TPSA) is 50.2 Å². The van der Waals surface area contributed by atoms with Crippen LogP contribution in [0.5, 0.6) is 0 Å². The summed E-state index contributed by atoms with van der Waals surface area (Å²) in [6.45, 7) is 3.14. The van der Waals surface area contributed by atoms with Crippen molar-refractivity contribution in [2.24, 2.45) is 7.05 Å². The van der Waals surface area contributed by atoms with Crippen LogP contribution in [0.15, 0.2) is 6.20 Å². The molecular weight excluding hydrogens is 204 g/mol. The Morgan fingerprint density at radius 2 is 2.25 bits per heavy atom. The standard InChI is InChI=1S/C11H20N4O/c1-5-10-9(8-15(4)13-10)6-12-7-11(16)14(2)3/h8,12H,5-7H2,1-4H3. The number of nitrogens with one attached hydrogen (secondary N) is 1. The molecule has 0 bridgehead atoms. The fourth-order valence-electron chi connectivity index (χ4n) is 1.49. The largest absolute Gasteiger partial charge is 0.348 e. The van der Waals surface area contributed by atoms with Crippen molar-refractivity contribution in [2.75, 3.05) is 20.6 Å². The quantitative estimate of drug-likeness (QED) is 0.775.